The number of amides is 1. The summed E-state index contributed by atoms with van der Waals surface area (Å²) in [6, 6.07) is 5.86. The first-order chi connectivity index (χ1) is 9.58. The van der Waals surface area contributed by atoms with E-state index in [0.717, 1.165) is 28.0 Å². The van der Waals surface area contributed by atoms with Gasteiger partial charge >= 0.3 is 0 Å². The van der Waals surface area contributed by atoms with Crippen LogP contribution in [-0.4, -0.2) is 32.3 Å². The Labute approximate surface area is 133 Å². The Morgan fingerprint density at radius 1 is 1.40 bits per heavy atom. The number of hydrogen-bond donors (Lipinski definition) is 0. The summed E-state index contributed by atoms with van der Waals surface area (Å²) in [6.07, 6.45) is 1.05. The van der Waals surface area contributed by atoms with Crippen LogP contribution in [0.2, 0.25) is 0 Å². The maximum atomic E-state index is 12.0. The lowest BCUT2D eigenvalue weighted by Gasteiger charge is -2.29. The van der Waals surface area contributed by atoms with Crippen LogP contribution in [0.1, 0.15) is 20.3 Å². The van der Waals surface area contributed by atoms with Crippen molar-refractivity contribution in [1.82, 2.24) is 0 Å². The Balaban J connectivity index is 1.94. The van der Waals surface area contributed by atoms with Crippen molar-refractivity contribution in [1.29, 1.82) is 0 Å². The smallest absolute Gasteiger partial charge is 0.265 e. The van der Waals surface area contributed by atoms with Gasteiger partial charge in [-0.3, -0.25) is 4.79 Å². The van der Waals surface area contributed by atoms with E-state index in [9.17, 15) is 4.79 Å². The molecule has 0 saturated carbocycles. The van der Waals surface area contributed by atoms with Gasteiger partial charge in [-0.05, 0) is 53.1 Å². The third kappa shape index (κ3) is 4.09. The molecule has 1 heterocycles. The van der Waals surface area contributed by atoms with Crippen molar-refractivity contribution in [3.63, 3.8) is 0 Å². The summed E-state index contributed by atoms with van der Waals surface area (Å²) in [4.78, 5) is 13.7. The lowest BCUT2D eigenvalue weighted by atomic mass is 10.1. The molecule has 0 aliphatic carbocycles. The molecule has 1 aliphatic heterocycles. The van der Waals surface area contributed by atoms with Crippen molar-refractivity contribution < 1.29 is 14.3 Å². The molecule has 110 valence electrons. The quantitative estimate of drug-likeness (QED) is 0.555. The summed E-state index contributed by atoms with van der Waals surface area (Å²) in [6.45, 7) is 6.34. The molecule has 0 spiro atoms. The molecule has 0 unspecified atom stereocenters. The average Bonchev–Trinajstić information content (AvgIpc) is 2.40. The first-order valence-electron chi connectivity index (χ1n) is 6.88. The number of anilines is 1. The first-order valence-corrected chi connectivity index (χ1v) is 7.96. The second-order valence-corrected chi connectivity index (χ2v) is 6.49. The number of rotatable bonds is 6. The summed E-state index contributed by atoms with van der Waals surface area (Å²) < 4.78 is 12.1. The van der Waals surface area contributed by atoms with Crippen molar-refractivity contribution in [3.05, 3.63) is 21.8 Å². The van der Waals surface area contributed by atoms with Gasteiger partial charge in [0.15, 0.2) is 6.61 Å². The number of carbonyl (C=O) groups is 1. The Morgan fingerprint density at radius 2 is 2.20 bits per heavy atom. The van der Waals surface area contributed by atoms with Crippen LogP contribution in [-0.2, 0) is 9.53 Å². The Hall–Kier alpha value is -0.820. The van der Waals surface area contributed by atoms with E-state index in [1.807, 2.05) is 18.2 Å². The SMILES string of the molecule is CC(C)CCOCCN1C(=O)COc2ccc(I)cc21. The molecule has 0 radical (unpaired) electrons. The molecule has 0 N–H and O–H groups in total. The fourth-order valence-corrected chi connectivity index (χ4v) is 2.47. The van der Waals surface area contributed by atoms with Gasteiger partial charge in [-0.15, -0.1) is 0 Å². The molecular formula is C15H20INO3. The van der Waals surface area contributed by atoms with E-state index in [1.54, 1.807) is 4.90 Å². The standard InChI is InChI=1S/C15H20INO3/c1-11(2)5-7-19-8-6-17-13-9-12(16)3-4-14(13)20-10-15(17)18/h3-4,9,11H,5-8,10H2,1-2H3. The van der Waals surface area contributed by atoms with Crippen molar-refractivity contribution >= 4 is 34.2 Å². The molecule has 1 aromatic rings. The zero-order chi connectivity index (χ0) is 14.5. The highest BCUT2D eigenvalue weighted by molar-refractivity contribution is 14.1. The van der Waals surface area contributed by atoms with Crippen LogP contribution in [0.4, 0.5) is 5.69 Å². The number of ether oxygens (including phenoxy) is 2. The van der Waals surface area contributed by atoms with Gasteiger partial charge in [-0.1, -0.05) is 13.8 Å². The zero-order valence-electron chi connectivity index (χ0n) is 11.9. The minimum Gasteiger partial charge on any atom is -0.482 e. The normalized spacial score (nSPS) is 14.4. The van der Waals surface area contributed by atoms with Gasteiger partial charge in [-0.2, -0.15) is 0 Å². The highest BCUT2D eigenvalue weighted by atomic mass is 127. The lowest BCUT2D eigenvalue weighted by Crippen LogP contribution is -2.40. The van der Waals surface area contributed by atoms with Gasteiger partial charge < -0.3 is 14.4 Å². The van der Waals surface area contributed by atoms with Crippen LogP contribution < -0.4 is 9.64 Å². The van der Waals surface area contributed by atoms with Crippen LogP contribution in [0.15, 0.2) is 18.2 Å². The van der Waals surface area contributed by atoms with Gasteiger partial charge in [0.2, 0.25) is 0 Å². The fourth-order valence-electron chi connectivity index (χ4n) is 2.00. The molecule has 0 saturated heterocycles. The van der Waals surface area contributed by atoms with E-state index < -0.39 is 0 Å². The van der Waals surface area contributed by atoms with E-state index in [0.29, 0.717) is 19.1 Å². The van der Waals surface area contributed by atoms with E-state index in [2.05, 4.69) is 36.4 Å². The summed E-state index contributed by atoms with van der Waals surface area (Å²) >= 11 is 2.24. The first kappa shape index (κ1) is 15.6. The van der Waals surface area contributed by atoms with E-state index in [-0.39, 0.29) is 12.5 Å². The molecule has 4 nitrogen and oxygen atoms in total. The molecule has 0 bridgehead atoms. The minimum atomic E-state index is -0.00744. The molecule has 1 amide bonds. The van der Waals surface area contributed by atoms with Crippen LogP contribution >= 0.6 is 22.6 Å². The van der Waals surface area contributed by atoms with Crippen molar-refractivity contribution in [2.45, 2.75) is 20.3 Å². The minimum absolute atomic E-state index is 0.00744. The van der Waals surface area contributed by atoms with Crippen LogP contribution in [0.5, 0.6) is 5.75 Å². The predicted molar refractivity (Wildman–Crippen MR) is 87.3 cm³/mol. The Kier molecular flexibility index (Phi) is 5.65. The number of halogens is 1. The molecule has 1 aliphatic rings. The topological polar surface area (TPSA) is 38.8 Å². The number of carbonyl (C=O) groups excluding carboxylic acids is 1. The average molecular weight is 389 g/mol. The predicted octanol–water partition coefficient (Wildman–Crippen LogP) is 3.08. The fraction of sp³-hybridized carbons (Fsp3) is 0.533. The van der Waals surface area contributed by atoms with Gasteiger partial charge in [0.1, 0.15) is 5.75 Å². The largest absolute Gasteiger partial charge is 0.482 e. The molecule has 0 atom stereocenters. The lowest BCUT2D eigenvalue weighted by molar-refractivity contribution is -0.121. The van der Waals surface area contributed by atoms with Gasteiger partial charge in [0, 0.05) is 16.7 Å². The monoisotopic (exact) mass is 389 g/mol. The molecule has 5 heteroatoms. The van der Waals surface area contributed by atoms with E-state index >= 15 is 0 Å². The van der Waals surface area contributed by atoms with E-state index in [1.165, 1.54) is 0 Å². The number of nitrogens with zero attached hydrogens (tertiary/aromatic N) is 1. The van der Waals surface area contributed by atoms with E-state index in [4.69, 9.17) is 9.47 Å². The van der Waals surface area contributed by atoms with Gasteiger partial charge in [0.05, 0.1) is 12.3 Å². The molecule has 0 aromatic heterocycles. The van der Waals surface area contributed by atoms with Crippen LogP contribution in [0, 0.1) is 9.49 Å². The molecule has 20 heavy (non-hydrogen) atoms. The Morgan fingerprint density at radius 3 is 2.95 bits per heavy atom. The second-order valence-electron chi connectivity index (χ2n) is 5.24. The van der Waals surface area contributed by atoms with Crippen LogP contribution in [0.3, 0.4) is 0 Å². The van der Waals surface area contributed by atoms with Crippen LogP contribution in [0.25, 0.3) is 0 Å². The maximum Gasteiger partial charge on any atom is 0.265 e. The van der Waals surface area contributed by atoms with Gasteiger partial charge in [-0.25, -0.2) is 0 Å². The highest BCUT2D eigenvalue weighted by Crippen LogP contribution is 2.33. The third-order valence-electron chi connectivity index (χ3n) is 3.16. The van der Waals surface area contributed by atoms with Crippen molar-refractivity contribution in [2.24, 2.45) is 5.92 Å². The number of benzene rings is 1. The molecule has 1 aromatic carbocycles. The third-order valence-corrected chi connectivity index (χ3v) is 3.83. The number of hydrogen-bond acceptors (Lipinski definition) is 3. The molecule has 0 fully saturated rings. The molecular weight excluding hydrogens is 369 g/mol. The maximum absolute atomic E-state index is 12.0. The summed E-state index contributed by atoms with van der Waals surface area (Å²) in [7, 11) is 0. The van der Waals surface area contributed by atoms with Crippen molar-refractivity contribution in [3.8, 4) is 5.75 Å². The second kappa shape index (κ2) is 7.26. The Bertz CT molecular complexity index is 476. The molecule has 2 rings (SSSR count). The highest BCUT2D eigenvalue weighted by Gasteiger charge is 2.25. The zero-order valence-corrected chi connectivity index (χ0v) is 14.1. The summed E-state index contributed by atoms with van der Waals surface area (Å²) in [5.74, 6) is 1.40. The number of fused-ring (bicyclic) bond motifs is 1. The summed E-state index contributed by atoms with van der Waals surface area (Å²) in [5.41, 5.74) is 0.848. The van der Waals surface area contributed by atoms with Crippen molar-refractivity contribution in [2.75, 3.05) is 31.3 Å². The van der Waals surface area contributed by atoms with Gasteiger partial charge in [0.25, 0.3) is 5.91 Å². The summed E-state index contributed by atoms with van der Waals surface area (Å²) in [5, 5.41) is 0.